The largest absolute Gasteiger partial charge is 0.439 e. The molecule has 0 unspecified atom stereocenters. The molecule has 94 valence electrons. The van der Waals surface area contributed by atoms with E-state index in [-0.39, 0.29) is 5.82 Å². The fourth-order valence-electron chi connectivity index (χ4n) is 1.58. The lowest BCUT2D eigenvalue weighted by Gasteiger charge is -2.07. The Labute approximate surface area is 106 Å². The van der Waals surface area contributed by atoms with Gasteiger partial charge in [-0.05, 0) is 37.2 Å². The van der Waals surface area contributed by atoms with Crippen molar-refractivity contribution in [1.82, 2.24) is 10.3 Å². The van der Waals surface area contributed by atoms with Crippen molar-refractivity contribution in [2.24, 2.45) is 0 Å². The standard InChI is InChI=1S/C14H15FN2O/c1-10-3-4-12(8-13(10)15)18-14-7-11(9-16-2)5-6-17-14/h3-8,16H,9H2,1-2H3. The number of pyridine rings is 1. The van der Waals surface area contributed by atoms with E-state index in [1.54, 1.807) is 25.3 Å². The zero-order chi connectivity index (χ0) is 13.0. The Morgan fingerprint density at radius 3 is 2.83 bits per heavy atom. The number of aromatic nitrogens is 1. The van der Waals surface area contributed by atoms with E-state index in [0.717, 1.165) is 12.1 Å². The van der Waals surface area contributed by atoms with E-state index in [0.29, 0.717) is 17.2 Å². The molecule has 0 aliphatic carbocycles. The maximum atomic E-state index is 13.4. The molecule has 0 aliphatic heterocycles. The summed E-state index contributed by atoms with van der Waals surface area (Å²) >= 11 is 0. The molecule has 18 heavy (non-hydrogen) atoms. The first-order valence-electron chi connectivity index (χ1n) is 5.72. The smallest absolute Gasteiger partial charge is 0.219 e. The summed E-state index contributed by atoms with van der Waals surface area (Å²) in [5.74, 6) is 0.636. The van der Waals surface area contributed by atoms with Crippen molar-refractivity contribution in [3.8, 4) is 11.6 Å². The average molecular weight is 246 g/mol. The predicted molar refractivity (Wildman–Crippen MR) is 68.2 cm³/mol. The fraction of sp³-hybridized carbons (Fsp3) is 0.214. The molecule has 1 N–H and O–H groups in total. The van der Waals surface area contributed by atoms with Crippen LogP contribution in [0.15, 0.2) is 36.5 Å². The van der Waals surface area contributed by atoms with Crippen LogP contribution >= 0.6 is 0 Å². The van der Waals surface area contributed by atoms with E-state index < -0.39 is 0 Å². The van der Waals surface area contributed by atoms with Crippen LogP contribution in [-0.2, 0) is 6.54 Å². The number of rotatable bonds is 4. The third-order valence-electron chi connectivity index (χ3n) is 2.55. The molecule has 1 aromatic heterocycles. The topological polar surface area (TPSA) is 34.2 Å². The molecule has 0 amide bonds. The second-order valence-electron chi connectivity index (χ2n) is 4.05. The van der Waals surface area contributed by atoms with Gasteiger partial charge in [0.1, 0.15) is 11.6 Å². The second kappa shape index (κ2) is 5.60. The van der Waals surface area contributed by atoms with Gasteiger partial charge in [0.15, 0.2) is 0 Å². The zero-order valence-electron chi connectivity index (χ0n) is 10.4. The van der Waals surface area contributed by atoms with Gasteiger partial charge in [-0.25, -0.2) is 9.37 Å². The number of nitrogens with zero attached hydrogens (tertiary/aromatic N) is 1. The molecule has 3 nitrogen and oxygen atoms in total. The van der Waals surface area contributed by atoms with Crippen LogP contribution in [0, 0.1) is 12.7 Å². The summed E-state index contributed by atoms with van der Waals surface area (Å²) in [6, 6.07) is 8.50. The van der Waals surface area contributed by atoms with Gasteiger partial charge in [-0.3, -0.25) is 0 Å². The van der Waals surface area contributed by atoms with E-state index >= 15 is 0 Å². The molecule has 4 heteroatoms. The van der Waals surface area contributed by atoms with E-state index in [2.05, 4.69) is 10.3 Å². The first-order valence-corrected chi connectivity index (χ1v) is 5.72. The Balaban J connectivity index is 2.17. The van der Waals surface area contributed by atoms with Crippen LogP contribution in [0.2, 0.25) is 0 Å². The van der Waals surface area contributed by atoms with E-state index in [1.807, 2.05) is 19.2 Å². The van der Waals surface area contributed by atoms with Gasteiger partial charge in [0.2, 0.25) is 5.88 Å². The first-order chi connectivity index (χ1) is 8.69. The van der Waals surface area contributed by atoms with Crippen LogP contribution < -0.4 is 10.1 Å². The minimum absolute atomic E-state index is 0.279. The maximum absolute atomic E-state index is 13.4. The number of halogens is 1. The molecule has 0 atom stereocenters. The Hall–Kier alpha value is -1.94. The number of hydrogen-bond acceptors (Lipinski definition) is 3. The summed E-state index contributed by atoms with van der Waals surface area (Å²) in [6.07, 6.45) is 1.67. The highest BCUT2D eigenvalue weighted by atomic mass is 19.1. The van der Waals surface area contributed by atoms with Crippen LogP contribution in [-0.4, -0.2) is 12.0 Å². The summed E-state index contributed by atoms with van der Waals surface area (Å²) in [7, 11) is 1.87. The van der Waals surface area contributed by atoms with Gasteiger partial charge in [0.05, 0.1) is 0 Å². The second-order valence-corrected chi connectivity index (χ2v) is 4.05. The number of ether oxygens (including phenoxy) is 1. The maximum Gasteiger partial charge on any atom is 0.219 e. The molecule has 2 aromatic rings. The van der Waals surface area contributed by atoms with Crippen molar-refractivity contribution in [2.75, 3.05) is 7.05 Å². The molecule has 0 saturated heterocycles. The Kier molecular flexibility index (Phi) is 3.89. The normalized spacial score (nSPS) is 10.4. The lowest BCUT2D eigenvalue weighted by molar-refractivity contribution is 0.456. The molecule has 1 heterocycles. The summed E-state index contributed by atoms with van der Waals surface area (Å²) < 4.78 is 18.9. The van der Waals surface area contributed by atoms with Gasteiger partial charge >= 0.3 is 0 Å². The lowest BCUT2D eigenvalue weighted by atomic mass is 10.2. The summed E-state index contributed by atoms with van der Waals surface area (Å²) in [6.45, 7) is 2.45. The number of aryl methyl sites for hydroxylation is 1. The molecular formula is C14H15FN2O. The minimum atomic E-state index is -0.279. The van der Waals surface area contributed by atoms with Gasteiger partial charge in [-0.15, -0.1) is 0 Å². The molecule has 0 saturated carbocycles. The third-order valence-corrected chi connectivity index (χ3v) is 2.55. The quantitative estimate of drug-likeness (QED) is 0.900. The number of hydrogen-bond donors (Lipinski definition) is 1. The van der Waals surface area contributed by atoms with Crippen molar-refractivity contribution in [3.63, 3.8) is 0 Å². The predicted octanol–water partition coefficient (Wildman–Crippen LogP) is 3.04. The Bertz CT molecular complexity index is 543. The van der Waals surface area contributed by atoms with Crippen molar-refractivity contribution >= 4 is 0 Å². The van der Waals surface area contributed by atoms with Crippen LogP contribution in [0.25, 0.3) is 0 Å². The van der Waals surface area contributed by atoms with E-state index in [4.69, 9.17) is 4.74 Å². The summed E-state index contributed by atoms with van der Waals surface area (Å²) in [4.78, 5) is 4.10. The fourth-order valence-corrected chi connectivity index (χ4v) is 1.58. The zero-order valence-corrected chi connectivity index (χ0v) is 10.4. The van der Waals surface area contributed by atoms with Crippen LogP contribution in [0.5, 0.6) is 11.6 Å². The first kappa shape index (κ1) is 12.5. The SMILES string of the molecule is CNCc1ccnc(Oc2ccc(C)c(F)c2)c1. The van der Waals surface area contributed by atoms with Crippen molar-refractivity contribution in [3.05, 3.63) is 53.5 Å². The number of nitrogens with one attached hydrogen (secondary N) is 1. The van der Waals surface area contributed by atoms with Gasteiger partial charge < -0.3 is 10.1 Å². The van der Waals surface area contributed by atoms with Crippen molar-refractivity contribution in [1.29, 1.82) is 0 Å². The molecule has 0 spiro atoms. The molecule has 0 radical (unpaired) electrons. The Morgan fingerprint density at radius 1 is 1.28 bits per heavy atom. The van der Waals surface area contributed by atoms with Crippen LogP contribution in [0.3, 0.4) is 0 Å². The molecule has 1 aromatic carbocycles. The molecule has 2 rings (SSSR count). The minimum Gasteiger partial charge on any atom is -0.439 e. The highest BCUT2D eigenvalue weighted by Crippen LogP contribution is 2.22. The lowest BCUT2D eigenvalue weighted by Crippen LogP contribution is -2.05. The van der Waals surface area contributed by atoms with Gasteiger partial charge in [-0.1, -0.05) is 6.07 Å². The molecule has 0 bridgehead atoms. The number of benzene rings is 1. The van der Waals surface area contributed by atoms with Crippen LogP contribution in [0.1, 0.15) is 11.1 Å². The van der Waals surface area contributed by atoms with Crippen molar-refractivity contribution in [2.45, 2.75) is 13.5 Å². The molecular weight excluding hydrogens is 231 g/mol. The third kappa shape index (κ3) is 3.05. The molecule has 0 aliphatic rings. The van der Waals surface area contributed by atoms with Crippen LogP contribution in [0.4, 0.5) is 4.39 Å². The highest BCUT2D eigenvalue weighted by Gasteiger charge is 2.03. The highest BCUT2D eigenvalue weighted by molar-refractivity contribution is 5.32. The monoisotopic (exact) mass is 246 g/mol. The summed E-state index contributed by atoms with van der Waals surface area (Å²) in [5.41, 5.74) is 1.66. The van der Waals surface area contributed by atoms with E-state index in [1.165, 1.54) is 6.07 Å². The van der Waals surface area contributed by atoms with Gasteiger partial charge in [0.25, 0.3) is 0 Å². The van der Waals surface area contributed by atoms with E-state index in [9.17, 15) is 4.39 Å². The summed E-state index contributed by atoms with van der Waals surface area (Å²) in [5, 5.41) is 3.05. The van der Waals surface area contributed by atoms with Crippen molar-refractivity contribution < 1.29 is 9.13 Å². The average Bonchev–Trinajstić information content (AvgIpc) is 2.35. The van der Waals surface area contributed by atoms with Gasteiger partial charge in [0, 0.05) is 24.9 Å². The van der Waals surface area contributed by atoms with Gasteiger partial charge in [-0.2, -0.15) is 0 Å². The molecule has 0 fully saturated rings. The Morgan fingerprint density at radius 2 is 2.11 bits per heavy atom.